The zero-order chi connectivity index (χ0) is 9.26. The Bertz CT molecular complexity index is 290. The number of hydrogen-bond acceptors (Lipinski definition) is 4. The molecular weight excluding hydrogens is 220 g/mol. The number of fused-ring (bicyclic) bond motifs is 1. The fourth-order valence-corrected chi connectivity index (χ4v) is 2.81. The number of methoxy groups -OCH3 is 1. The van der Waals surface area contributed by atoms with E-state index in [0.29, 0.717) is 6.04 Å². The van der Waals surface area contributed by atoms with E-state index in [9.17, 15) is 0 Å². The van der Waals surface area contributed by atoms with Gasteiger partial charge in [0.25, 0.3) is 0 Å². The summed E-state index contributed by atoms with van der Waals surface area (Å²) in [5, 5.41) is 3.31. The molecule has 1 aromatic heterocycles. The van der Waals surface area contributed by atoms with Crippen molar-refractivity contribution in [2.24, 2.45) is 0 Å². The molecule has 0 fully saturated rings. The molecule has 3 nitrogen and oxygen atoms in total. The summed E-state index contributed by atoms with van der Waals surface area (Å²) in [6, 6.07) is 0.442. The van der Waals surface area contributed by atoms with E-state index in [0.717, 1.165) is 12.3 Å². The van der Waals surface area contributed by atoms with Gasteiger partial charge in [0.15, 0.2) is 0 Å². The van der Waals surface area contributed by atoms with Crippen molar-refractivity contribution in [3.05, 3.63) is 10.4 Å². The van der Waals surface area contributed by atoms with E-state index in [-0.39, 0.29) is 12.4 Å². The summed E-state index contributed by atoms with van der Waals surface area (Å²) in [4.78, 5) is 1.39. The molecule has 0 saturated heterocycles. The summed E-state index contributed by atoms with van der Waals surface area (Å²) in [7, 11) is 3.69. The lowest BCUT2D eigenvalue weighted by Gasteiger charge is -2.21. The molecule has 0 spiro atoms. The smallest absolute Gasteiger partial charge is 0.230 e. The van der Waals surface area contributed by atoms with Crippen LogP contribution in [0.3, 0.4) is 0 Å². The number of rotatable bonds is 2. The van der Waals surface area contributed by atoms with Gasteiger partial charge in [-0.1, -0.05) is 0 Å². The van der Waals surface area contributed by atoms with Gasteiger partial charge in [0.1, 0.15) is 0 Å². The number of nitrogens with zero attached hydrogens (tertiary/aromatic N) is 1. The fourth-order valence-electron chi connectivity index (χ4n) is 1.88. The second kappa shape index (κ2) is 4.96. The third-order valence-corrected chi connectivity index (χ3v) is 3.46. The van der Waals surface area contributed by atoms with E-state index in [4.69, 9.17) is 4.74 Å². The second-order valence-electron chi connectivity index (χ2n) is 3.26. The molecule has 1 aliphatic rings. The van der Waals surface area contributed by atoms with Crippen LogP contribution in [0.5, 0.6) is 5.88 Å². The Morgan fingerprint density at radius 1 is 1.57 bits per heavy atom. The summed E-state index contributed by atoms with van der Waals surface area (Å²) in [5.74, 6) is 0.819. The molecule has 0 bridgehead atoms. The van der Waals surface area contributed by atoms with Gasteiger partial charge in [0.05, 0.1) is 7.11 Å². The lowest BCUT2D eigenvalue weighted by atomic mass is 9.94. The van der Waals surface area contributed by atoms with Crippen molar-refractivity contribution in [3.8, 4) is 5.88 Å². The largest absolute Gasteiger partial charge is 0.480 e. The predicted molar refractivity (Wildman–Crippen MR) is 60.7 cm³/mol. The second-order valence-corrected chi connectivity index (χ2v) is 4.12. The van der Waals surface area contributed by atoms with Gasteiger partial charge >= 0.3 is 0 Å². The molecule has 0 amide bonds. The van der Waals surface area contributed by atoms with E-state index in [1.54, 1.807) is 18.6 Å². The minimum Gasteiger partial charge on any atom is -0.480 e. The number of aromatic nitrogens is 1. The van der Waals surface area contributed by atoms with Crippen molar-refractivity contribution in [1.29, 1.82) is 0 Å². The van der Waals surface area contributed by atoms with E-state index >= 15 is 0 Å². The van der Waals surface area contributed by atoms with Crippen LogP contribution in [-0.4, -0.2) is 18.5 Å². The van der Waals surface area contributed by atoms with Crippen molar-refractivity contribution in [3.63, 3.8) is 0 Å². The topological polar surface area (TPSA) is 34.2 Å². The molecule has 2 rings (SSSR count). The first-order valence-corrected chi connectivity index (χ1v) is 5.34. The summed E-state index contributed by atoms with van der Waals surface area (Å²) in [5.41, 5.74) is 1.29. The van der Waals surface area contributed by atoms with Crippen molar-refractivity contribution < 1.29 is 4.74 Å². The standard InChI is InChI=1S/C9H14N2OS.ClH/c1-10-6-4-3-5-7-8(6)9(12-2)11-13-7;/h6,10H,3-5H2,1-2H3;1H. The maximum absolute atomic E-state index is 5.24. The molecule has 0 radical (unpaired) electrons. The Balaban J connectivity index is 0.000000980. The first kappa shape index (κ1) is 11.8. The van der Waals surface area contributed by atoms with Crippen LogP contribution in [0.25, 0.3) is 0 Å². The number of hydrogen-bond donors (Lipinski definition) is 1. The van der Waals surface area contributed by atoms with Gasteiger partial charge in [-0.3, -0.25) is 0 Å². The van der Waals surface area contributed by atoms with E-state index in [2.05, 4.69) is 9.69 Å². The van der Waals surface area contributed by atoms with E-state index < -0.39 is 0 Å². The van der Waals surface area contributed by atoms with Gasteiger partial charge in [0.2, 0.25) is 5.88 Å². The summed E-state index contributed by atoms with van der Waals surface area (Å²) < 4.78 is 9.54. The average molecular weight is 235 g/mol. The van der Waals surface area contributed by atoms with Crippen molar-refractivity contribution in [2.45, 2.75) is 25.3 Å². The molecule has 1 atom stereocenters. The van der Waals surface area contributed by atoms with Crippen LogP contribution >= 0.6 is 23.9 Å². The molecule has 1 N–H and O–H groups in total. The lowest BCUT2D eigenvalue weighted by Crippen LogP contribution is -2.20. The van der Waals surface area contributed by atoms with Crippen LogP contribution < -0.4 is 10.1 Å². The first-order valence-electron chi connectivity index (χ1n) is 4.56. The highest BCUT2D eigenvalue weighted by Crippen LogP contribution is 2.38. The third kappa shape index (κ3) is 1.87. The van der Waals surface area contributed by atoms with Crippen molar-refractivity contribution >= 4 is 23.9 Å². The van der Waals surface area contributed by atoms with E-state index in [1.807, 2.05) is 7.05 Å². The van der Waals surface area contributed by atoms with Crippen molar-refractivity contribution in [2.75, 3.05) is 14.2 Å². The third-order valence-electron chi connectivity index (χ3n) is 2.56. The van der Waals surface area contributed by atoms with Gasteiger partial charge in [-0.05, 0) is 37.8 Å². The Hall–Kier alpha value is -0.320. The van der Waals surface area contributed by atoms with E-state index in [1.165, 1.54) is 23.3 Å². The summed E-state index contributed by atoms with van der Waals surface area (Å²) >= 11 is 1.58. The molecule has 1 aliphatic carbocycles. The number of aryl methyl sites for hydroxylation is 1. The fraction of sp³-hybridized carbons (Fsp3) is 0.667. The molecule has 5 heteroatoms. The number of ether oxygens (including phenoxy) is 1. The molecule has 80 valence electrons. The molecule has 1 aromatic rings. The monoisotopic (exact) mass is 234 g/mol. The minimum atomic E-state index is 0. The Morgan fingerprint density at radius 3 is 3.00 bits per heavy atom. The normalized spacial score (nSPS) is 19.7. The Kier molecular flexibility index (Phi) is 4.16. The summed E-state index contributed by atoms with van der Waals surface area (Å²) in [6.07, 6.45) is 3.61. The van der Waals surface area contributed by atoms with Crippen LogP contribution in [0.1, 0.15) is 29.3 Å². The zero-order valence-electron chi connectivity index (χ0n) is 8.37. The highest BCUT2D eigenvalue weighted by molar-refractivity contribution is 7.06. The molecule has 14 heavy (non-hydrogen) atoms. The van der Waals surface area contributed by atoms with Crippen LogP contribution in [0, 0.1) is 0 Å². The molecule has 0 aromatic carbocycles. The van der Waals surface area contributed by atoms with Gasteiger partial charge in [-0.15, -0.1) is 12.4 Å². The van der Waals surface area contributed by atoms with Crippen LogP contribution in [0.4, 0.5) is 0 Å². The maximum atomic E-state index is 5.24. The minimum absolute atomic E-state index is 0. The number of halogens is 1. The molecule has 0 aliphatic heterocycles. The molecule has 1 heterocycles. The van der Waals surface area contributed by atoms with Gasteiger partial charge < -0.3 is 10.1 Å². The van der Waals surface area contributed by atoms with Gasteiger partial charge in [-0.25, -0.2) is 0 Å². The van der Waals surface area contributed by atoms with Crippen LogP contribution in [0.15, 0.2) is 0 Å². The number of nitrogens with one attached hydrogen (secondary N) is 1. The lowest BCUT2D eigenvalue weighted by molar-refractivity contribution is 0.382. The first-order chi connectivity index (χ1) is 6.36. The molecule has 1 unspecified atom stereocenters. The average Bonchev–Trinajstić information content (AvgIpc) is 2.60. The molecule has 0 saturated carbocycles. The highest BCUT2D eigenvalue weighted by Gasteiger charge is 2.25. The quantitative estimate of drug-likeness (QED) is 0.852. The van der Waals surface area contributed by atoms with Crippen LogP contribution in [0.2, 0.25) is 0 Å². The van der Waals surface area contributed by atoms with Crippen molar-refractivity contribution in [1.82, 2.24) is 9.69 Å². The van der Waals surface area contributed by atoms with Crippen LogP contribution in [-0.2, 0) is 6.42 Å². The molecular formula is C9H15ClN2OS. The zero-order valence-corrected chi connectivity index (χ0v) is 10.0. The predicted octanol–water partition coefficient (Wildman–Crippen LogP) is 2.17. The van der Waals surface area contributed by atoms with Gasteiger partial charge in [0, 0.05) is 16.5 Å². The maximum Gasteiger partial charge on any atom is 0.230 e. The van der Waals surface area contributed by atoms with Gasteiger partial charge in [-0.2, -0.15) is 4.37 Å². The summed E-state index contributed by atoms with van der Waals surface area (Å²) in [6.45, 7) is 0. The Labute approximate surface area is 94.4 Å². The SMILES string of the molecule is CNC1CCCc2snc(OC)c21.Cl. The highest BCUT2D eigenvalue weighted by atomic mass is 35.5. The Morgan fingerprint density at radius 2 is 2.36 bits per heavy atom.